The number of benzene rings is 2. The predicted octanol–water partition coefficient (Wildman–Crippen LogP) is 5.71. The lowest BCUT2D eigenvalue weighted by atomic mass is 10.1. The molecule has 1 aromatic heterocycles. The molecule has 1 fully saturated rings. The zero-order chi connectivity index (χ0) is 22.2. The van der Waals surface area contributed by atoms with E-state index in [4.69, 9.17) is 11.6 Å². The lowest BCUT2D eigenvalue weighted by Crippen LogP contribution is -2.21. The largest absolute Gasteiger partial charge is 0.434 e. The van der Waals surface area contributed by atoms with E-state index in [-0.39, 0.29) is 10.7 Å². The number of aromatic nitrogens is 2. The molecule has 162 valence electrons. The van der Waals surface area contributed by atoms with Crippen molar-refractivity contribution in [2.45, 2.75) is 25.9 Å². The minimum Gasteiger partial charge on any atom is -0.371 e. The first-order chi connectivity index (χ1) is 14.7. The number of nitrogens with zero attached hydrogens (tertiary/aromatic N) is 3. The van der Waals surface area contributed by atoms with Crippen LogP contribution in [0, 0.1) is 6.92 Å². The van der Waals surface area contributed by atoms with Crippen molar-refractivity contribution in [1.29, 1.82) is 0 Å². The normalized spacial score (nSPS) is 14.2. The van der Waals surface area contributed by atoms with Crippen molar-refractivity contribution in [3.8, 4) is 5.69 Å². The molecule has 2 heterocycles. The number of carbonyl (C=O) groups is 1. The van der Waals surface area contributed by atoms with Gasteiger partial charge in [-0.25, -0.2) is 4.68 Å². The molecule has 1 amide bonds. The molecule has 0 unspecified atom stereocenters. The lowest BCUT2D eigenvalue weighted by molar-refractivity contribution is -0.143. The summed E-state index contributed by atoms with van der Waals surface area (Å²) in [6.45, 7) is 3.87. The van der Waals surface area contributed by atoms with Crippen LogP contribution in [0.2, 0.25) is 5.02 Å². The standard InChI is InChI=1S/C22H20ClF3N4O/c1-14-11-16(7-8-19(14)29-9-2-3-10-29)28-21(31)18-13-27-30(20(18)22(24,25)26)17-6-4-5-15(23)12-17/h4-8,11-13H,2-3,9-10H2,1H3,(H,28,31). The number of hydrogen-bond acceptors (Lipinski definition) is 3. The molecule has 0 spiro atoms. The van der Waals surface area contributed by atoms with Crippen LogP contribution in [0.25, 0.3) is 5.69 Å². The summed E-state index contributed by atoms with van der Waals surface area (Å²) in [6, 6.07) is 11.2. The van der Waals surface area contributed by atoms with Gasteiger partial charge < -0.3 is 10.2 Å². The molecule has 5 nitrogen and oxygen atoms in total. The topological polar surface area (TPSA) is 50.2 Å². The Balaban J connectivity index is 1.64. The second-order valence-electron chi connectivity index (χ2n) is 7.45. The maximum absolute atomic E-state index is 13.8. The van der Waals surface area contributed by atoms with Crippen LogP contribution in [0.15, 0.2) is 48.7 Å². The average molecular weight is 449 g/mol. The van der Waals surface area contributed by atoms with Gasteiger partial charge in [0, 0.05) is 29.5 Å². The number of alkyl halides is 3. The van der Waals surface area contributed by atoms with E-state index in [0.29, 0.717) is 10.4 Å². The highest BCUT2D eigenvalue weighted by Gasteiger charge is 2.40. The fourth-order valence-electron chi connectivity index (χ4n) is 3.84. The molecule has 0 atom stereocenters. The van der Waals surface area contributed by atoms with E-state index in [0.717, 1.165) is 43.4 Å². The van der Waals surface area contributed by atoms with Gasteiger partial charge in [0.1, 0.15) is 0 Å². The number of rotatable bonds is 4. The summed E-state index contributed by atoms with van der Waals surface area (Å²) in [4.78, 5) is 15.0. The SMILES string of the molecule is Cc1cc(NC(=O)c2cnn(-c3cccc(Cl)c3)c2C(F)(F)F)ccc1N1CCCC1. The Bertz CT molecular complexity index is 1120. The number of anilines is 2. The molecule has 0 radical (unpaired) electrons. The molecule has 1 aliphatic rings. The Hall–Kier alpha value is -3.00. The van der Waals surface area contributed by atoms with Gasteiger partial charge in [0.05, 0.1) is 17.4 Å². The first kappa shape index (κ1) is 21.2. The number of amides is 1. The fraction of sp³-hybridized carbons (Fsp3) is 0.273. The molecular formula is C22H20ClF3N4O. The Kier molecular flexibility index (Phi) is 5.66. The third-order valence-electron chi connectivity index (χ3n) is 5.24. The van der Waals surface area contributed by atoms with E-state index in [1.165, 1.54) is 18.2 Å². The van der Waals surface area contributed by atoms with Crippen LogP contribution in [0.5, 0.6) is 0 Å². The molecular weight excluding hydrogens is 429 g/mol. The van der Waals surface area contributed by atoms with E-state index in [1.54, 1.807) is 18.2 Å². The van der Waals surface area contributed by atoms with Crippen molar-refractivity contribution in [1.82, 2.24) is 9.78 Å². The molecule has 0 aliphatic carbocycles. The van der Waals surface area contributed by atoms with Crippen molar-refractivity contribution >= 4 is 28.9 Å². The second-order valence-corrected chi connectivity index (χ2v) is 7.88. The van der Waals surface area contributed by atoms with Crippen molar-refractivity contribution in [2.75, 3.05) is 23.3 Å². The summed E-state index contributed by atoms with van der Waals surface area (Å²) < 4.78 is 42.2. The third kappa shape index (κ3) is 4.39. The van der Waals surface area contributed by atoms with Gasteiger partial charge in [-0.1, -0.05) is 17.7 Å². The van der Waals surface area contributed by atoms with Crippen molar-refractivity contribution in [2.24, 2.45) is 0 Å². The van der Waals surface area contributed by atoms with Gasteiger partial charge in [-0.05, 0) is 61.7 Å². The molecule has 0 bridgehead atoms. The monoisotopic (exact) mass is 448 g/mol. The molecule has 9 heteroatoms. The van der Waals surface area contributed by atoms with Gasteiger partial charge in [0.15, 0.2) is 5.69 Å². The van der Waals surface area contributed by atoms with E-state index in [1.807, 2.05) is 13.0 Å². The van der Waals surface area contributed by atoms with Crippen LogP contribution < -0.4 is 10.2 Å². The average Bonchev–Trinajstić information content (AvgIpc) is 3.38. The molecule has 3 aromatic rings. The smallest absolute Gasteiger partial charge is 0.371 e. The molecule has 4 rings (SSSR count). The predicted molar refractivity (Wildman–Crippen MR) is 114 cm³/mol. The first-order valence-electron chi connectivity index (χ1n) is 9.82. The minimum absolute atomic E-state index is 0.115. The summed E-state index contributed by atoms with van der Waals surface area (Å²) in [7, 11) is 0. The van der Waals surface area contributed by atoms with E-state index in [2.05, 4.69) is 15.3 Å². The van der Waals surface area contributed by atoms with Crippen LogP contribution in [0.4, 0.5) is 24.5 Å². The van der Waals surface area contributed by atoms with Gasteiger partial charge in [0.25, 0.3) is 5.91 Å². The van der Waals surface area contributed by atoms with Gasteiger partial charge in [-0.15, -0.1) is 0 Å². The maximum Gasteiger partial charge on any atom is 0.434 e. The number of halogens is 4. The Labute approximate surface area is 182 Å². The molecule has 0 saturated carbocycles. The lowest BCUT2D eigenvalue weighted by Gasteiger charge is -2.20. The molecule has 31 heavy (non-hydrogen) atoms. The van der Waals surface area contributed by atoms with Crippen LogP contribution in [0.3, 0.4) is 0 Å². The van der Waals surface area contributed by atoms with Crippen molar-refractivity contribution in [3.05, 3.63) is 70.5 Å². The van der Waals surface area contributed by atoms with Crippen LogP contribution in [-0.2, 0) is 6.18 Å². The van der Waals surface area contributed by atoms with Crippen molar-refractivity contribution < 1.29 is 18.0 Å². The molecule has 1 N–H and O–H groups in total. The van der Waals surface area contributed by atoms with Crippen LogP contribution in [-0.4, -0.2) is 28.8 Å². The van der Waals surface area contributed by atoms with Crippen LogP contribution in [0.1, 0.15) is 34.5 Å². The highest BCUT2D eigenvalue weighted by atomic mass is 35.5. The zero-order valence-electron chi connectivity index (χ0n) is 16.7. The van der Waals surface area contributed by atoms with Gasteiger partial charge in [-0.3, -0.25) is 4.79 Å². The maximum atomic E-state index is 13.8. The highest BCUT2D eigenvalue weighted by Crippen LogP contribution is 2.34. The van der Waals surface area contributed by atoms with Gasteiger partial charge in [0.2, 0.25) is 0 Å². The fourth-order valence-corrected chi connectivity index (χ4v) is 4.02. The first-order valence-corrected chi connectivity index (χ1v) is 10.2. The number of carbonyl (C=O) groups excluding carboxylic acids is 1. The summed E-state index contributed by atoms with van der Waals surface area (Å²) >= 11 is 5.91. The minimum atomic E-state index is -4.79. The molecule has 1 aliphatic heterocycles. The molecule has 2 aromatic carbocycles. The summed E-state index contributed by atoms with van der Waals surface area (Å²) in [5.41, 5.74) is 0.843. The van der Waals surface area contributed by atoms with Crippen molar-refractivity contribution in [3.63, 3.8) is 0 Å². The number of nitrogens with one attached hydrogen (secondary N) is 1. The summed E-state index contributed by atoms with van der Waals surface area (Å²) in [6.07, 6.45) is -1.60. The van der Waals surface area contributed by atoms with E-state index in [9.17, 15) is 18.0 Å². The van der Waals surface area contributed by atoms with Gasteiger partial charge in [-0.2, -0.15) is 18.3 Å². The Morgan fingerprint density at radius 2 is 1.87 bits per heavy atom. The number of hydrogen-bond donors (Lipinski definition) is 1. The Morgan fingerprint density at radius 3 is 2.52 bits per heavy atom. The quantitative estimate of drug-likeness (QED) is 0.556. The summed E-state index contributed by atoms with van der Waals surface area (Å²) in [5, 5.41) is 6.64. The second kappa shape index (κ2) is 8.26. The number of aryl methyl sites for hydroxylation is 1. The third-order valence-corrected chi connectivity index (χ3v) is 5.47. The van der Waals surface area contributed by atoms with E-state index >= 15 is 0 Å². The van der Waals surface area contributed by atoms with E-state index < -0.39 is 23.3 Å². The zero-order valence-corrected chi connectivity index (χ0v) is 17.5. The highest BCUT2D eigenvalue weighted by molar-refractivity contribution is 6.30. The van der Waals surface area contributed by atoms with Gasteiger partial charge >= 0.3 is 6.18 Å². The Morgan fingerprint density at radius 1 is 1.13 bits per heavy atom. The summed E-state index contributed by atoms with van der Waals surface area (Å²) in [5.74, 6) is -0.881. The van der Waals surface area contributed by atoms with Crippen LogP contribution >= 0.6 is 11.6 Å². The molecule has 1 saturated heterocycles.